The number of nitriles is 2. The van der Waals surface area contributed by atoms with Crippen LogP contribution in [-0.4, -0.2) is 9.55 Å². The van der Waals surface area contributed by atoms with Crippen LogP contribution in [0.1, 0.15) is 11.1 Å². The van der Waals surface area contributed by atoms with Gasteiger partial charge in [-0.1, -0.05) is 0 Å². The number of nitrogens with zero attached hydrogens (tertiary/aromatic N) is 4. The summed E-state index contributed by atoms with van der Waals surface area (Å²) in [4.78, 5) is 3.91. The number of imidazole rings is 1. The molecule has 0 saturated heterocycles. The summed E-state index contributed by atoms with van der Waals surface area (Å²) in [6, 6.07) is 9.04. The van der Waals surface area contributed by atoms with Crippen LogP contribution in [0.3, 0.4) is 0 Å². The van der Waals surface area contributed by atoms with Crippen LogP contribution in [0.2, 0.25) is 0 Å². The van der Waals surface area contributed by atoms with Crippen LogP contribution in [0.5, 0.6) is 0 Å². The molecule has 0 fully saturated rings. The molecule has 0 radical (unpaired) electrons. The fourth-order valence-electron chi connectivity index (χ4n) is 1.29. The van der Waals surface area contributed by atoms with Gasteiger partial charge in [-0.15, -0.1) is 0 Å². The lowest BCUT2D eigenvalue weighted by Gasteiger charge is -2.02. The molecule has 0 atom stereocenters. The summed E-state index contributed by atoms with van der Waals surface area (Å²) in [5.74, 6) is 0. The van der Waals surface area contributed by atoms with Gasteiger partial charge in [-0.05, 0) is 18.2 Å². The van der Waals surface area contributed by atoms with Crippen molar-refractivity contribution in [2.24, 2.45) is 0 Å². The van der Waals surface area contributed by atoms with Crippen LogP contribution < -0.4 is 0 Å². The predicted molar refractivity (Wildman–Crippen MR) is 53.0 cm³/mol. The molecule has 1 aromatic carbocycles. The van der Waals surface area contributed by atoms with Crippen molar-refractivity contribution in [2.45, 2.75) is 0 Å². The molecule has 0 aliphatic carbocycles. The van der Waals surface area contributed by atoms with Gasteiger partial charge < -0.3 is 4.57 Å². The van der Waals surface area contributed by atoms with E-state index in [0.29, 0.717) is 11.1 Å². The molecule has 70 valence electrons. The molecule has 15 heavy (non-hydrogen) atoms. The van der Waals surface area contributed by atoms with Gasteiger partial charge in [0.25, 0.3) is 0 Å². The average Bonchev–Trinajstić information content (AvgIpc) is 2.81. The van der Waals surface area contributed by atoms with Gasteiger partial charge in [0, 0.05) is 18.1 Å². The maximum atomic E-state index is 8.85. The van der Waals surface area contributed by atoms with Gasteiger partial charge >= 0.3 is 0 Å². The minimum atomic E-state index is 0.378. The van der Waals surface area contributed by atoms with Gasteiger partial charge in [0.2, 0.25) is 0 Å². The Labute approximate surface area is 86.6 Å². The lowest BCUT2D eigenvalue weighted by molar-refractivity contribution is 1.05. The molecular weight excluding hydrogens is 188 g/mol. The van der Waals surface area contributed by atoms with Crippen LogP contribution in [0.15, 0.2) is 36.9 Å². The standard InChI is InChI=1S/C11H6N4/c12-6-9-1-2-11(5-10(9)7-13)15-4-3-14-8-15/h1-5,8H. The smallest absolute Gasteiger partial charge is 0.101 e. The van der Waals surface area contributed by atoms with E-state index in [0.717, 1.165) is 5.69 Å². The highest BCUT2D eigenvalue weighted by molar-refractivity contribution is 5.51. The third-order valence-corrected chi connectivity index (χ3v) is 2.05. The molecule has 0 aliphatic rings. The van der Waals surface area contributed by atoms with E-state index in [4.69, 9.17) is 10.5 Å². The number of hydrogen-bond acceptors (Lipinski definition) is 3. The Bertz CT molecular complexity index is 555. The SMILES string of the molecule is N#Cc1ccc(-n2ccnc2)cc1C#N. The van der Waals surface area contributed by atoms with E-state index in [2.05, 4.69) is 4.98 Å². The van der Waals surface area contributed by atoms with Crippen LogP contribution in [0.25, 0.3) is 5.69 Å². The van der Waals surface area contributed by atoms with Crippen molar-refractivity contribution in [1.29, 1.82) is 10.5 Å². The molecule has 1 aromatic heterocycles. The predicted octanol–water partition coefficient (Wildman–Crippen LogP) is 1.62. The summed E-state index contributed by atoms with van der Waals surface area (Å²) < 4.78 is 1.78. The Balaban J connectivity index is 2.56. The molecule has 4 heteroatoms. The van der Waals surface area contributed by atoms with Gasteiger partial charge in [0.15, 0.2) is 0 Å². The molecule has 0 amide bonds. The van der Waals surface area contributed by atoms with Crippen molar-refractivity contribution < 1.29 is 0 Å². The second-order valence-electron chi connectivity index (χ2n) is 2.92. The van der Waals surface area contributed by atoms with E-state index in [1.807, 2.05) is 12.1 Å². The molecule has 0 aliphatic heterocycles. The minimum Gasteiger partial charge on any atom is -0.306 e. The maximum Gasteiger partial charge on any atom is 0.101 e. The number of rotatable bonds is 1. The van der Waals surface area contributed by atoms with E-state index < -0.39 is 0 Å². The lowest BCUT2D eigenvalue weighted by atomic mass is 10.1. The first-order valence-corrected chi connectivity index (χ1v) is 4.27. The molecule has 2 rings (SSSR count). The monoisotopic (exact) mass is 194 g/mol. The van der Waals surface area contributed by atoms with E-state index in [1.165, 1.54) is 0 Å². The number of aromatic nitrogens is 2. The van der Waals surface area contributed by atoms with Gasteiger partial charge in [0.1, 0.15) is 12.1 Å². The molecule has 0 unspecified atom stereocenters. The van der Waals surface area contributed by atoms with Gasteiger partial charge in [-0.3, -0.25) is 0 Å². The third-order valence-electron chi connectivity index (χ3n) is 2.05. The molecule has 0 N–H and O–H groups in total. The van der Waals surface area contributed by atoms with E-state index in [-0.39, 0.29) is 0 Å². The fraction of sp³-hybridized carbons (Fsp3) is 0. The Kier molecular flexibility index (Phi) is 2.19. The maximum absolute atomic E-state index is 8.85. The largest absolute Gasteiger partial charge is 0.306 e. The Morgan fingerprint density at radius 2 is 1.93 bits per heavy atom. The van der Waals surface area contributed by atoms with Crippen molar-refractivity contribution in [1.82, 2.24) is 9.55 Å². The van der Waals surface area contributed by atoms with Crippen molar-refractivity contribution >= 4 is 0 Å². The summed E-state index contributed by atoms with van der Waals surface area (Å²) in [5.41, 5.74) is 1.59. The quantitative estimate of drug-likeness (QED) is 0.692. The number of hydrogen-bond donors (Lipinski definition) is 0. The van der Waals surface area contributed by atoms with E-state index >= 15 is 0 Å². The zero-order valence-electron chi connectivity index (χ0n) is 7.75. The Morgan fingerprint density at radius 1 is 1.13 bits per heavy atom. The molecule has 1 heterocycles. The molecule has 0 spiro atoms. The molecule has 0 saturated carbocycles. The zero-order chi connectivity index (χ0) is 10.7. The van der Waals surface area contributed by atoms with E-state index in [1.54, 1.807) is 41.5 Å². The highest BCUT2D eigenvalue weighted by Gasteiger charge is 2.03. The van der Waals surface area contributed by atoms with Crippen LogP contribution in [-0.2, 0) is 0 Å². The van der Waals surface area contributed by atoms with E-state index in [9.17, 15) is 0 Å². The lowest BCUT2D eigenvalue weighted by Crippen LogP contribution is -1.92. The second kappa shape index (κ2) is 3.65. The van der Waals surface area contributed by atoms with Crippen molar-refractivity contribution in [3.8, 4) is 17.8 Å². The zero-order valence-corrected chi connectivity index (χ0v) is 7.75. The second-order valence-corrected chi connectivity index (χ2v) is 2.92. The van der Waals surface area contributed by atoms with Crippen LogP contribution in [0, 0.1) is 22.7 Å². The first kappa shape index (κ1) is 8.98. The summed E-state index contributed by atoms with van der Waals surface area (Å²) in [7, 11) is 0. The number of benzene rings is 1. The van der Waals surface area contributed by atoms with Crippen molar-refractivity contribution in [3.63, 3.8) is 0 Å². The summed E-state index contributed by atoms with van der Waals surface area (Å²) in [6.07, 6.45) is 5.08. The molecule has 4 nitrogen and oxygen atoms in total. The summed E-state index contributed by atoms with van der Waals surface area (Å²) in [6.45, 7) is 0. The Morgan fingerprint density at radius 3 is 2.53 bits per heavy atom. The van der Waals surface area contributed by atoms with Gasteiger partial charge in [-0.25, -0.2) is 4.98 Å². The fourth-order valence-corrected chi connectivity index (χ4v) is 1.29. The van der Waals surface area contributed by atoms with Crippen molar-refractivity contribution in [3.05, 3.63) is 48.0 Å². The van der Waals surface area contributed by atoms with Crippen LogP contribution >= 0.6 is 0 Å². The third kappa shape index (κ3) is 1.56. The topological polar surface area (TPSA) is 65.4 Å². The first-order chi connectivity index (χ1) is 7.35. The average molecular weight is 194 g/mol. The van der Waals surface area contributed by atoms with Crippen LogP contribution in [0.4, 0.5) is 0 Å². The highest BCUT2D eigenvalue weighted by Crippen LogP contribution is 2.13. The normalized spacial score (nSPS) is 9.20. The van der Waals surface area contributed by atoms with Gasteiger partial charge in [0.05, 0.1) is 17.5 Å². The Hall–Kier alpha value is -2.59. The summed E-state index contributed by atoms with van der Waals surface area (Å²) in [5, 5.41) is 17.6. The highest BCUT2D eigenvalue weighted by atomic mass is 15.0. The minimum absolute atomic E-state index is 0.378. The molecule has 2 aromatic rings. The summed E-state index contributed by atoms with van der Waals surface area (Å²) >= 11 is 0. The van der Waals surface area contributed by atoms with Crippen molar-refractivity contribution in [2.75, 3.05) is 0 Å². The molecular formula is C11H6N4. The first-order valence-electron chi connectivity index (χ1n) is 4.27. The van der Waals surface area contributed by atoms with Gasteiger partial charge in [-0.2, -0.15) is 10.5 Å². The molecule has 0 bridgehead atoms.